The quantitative estimate of drug-likeness (QED) is 0.835. The highest BCUT2D eigenvalue weighted by Gasteiger charge is 2.24. The standard InChI is InChI=1S/C24H30N2O2/c1-26(14-12-17-9-10-21-18(15-17)11-13-25-24(21)27)16-19-5-3-7-22-20(19)6-4-8-23(22)28-2/h4,6,8-10,15,19H,3,5,7,11-14,16H2,1-2H3,(H,25,27). The highest BCUT2D eigenvalue weighted by molar-refractivity contribution is 5.96. The van der Waals surface area contributed by atoms with Gasteiger partial charge in [0.25, 0.3) is 5.91 Å². The lowest BCUT2D eigenvalue weighted by molar-refractivity contribution is 0.0946. The number of amides is 1. The molecule has 4 nitrogen and oxygen atoms in total. The summed E-state index contributed by atoms with van der Waals surface area (Å²) in [7, 11) is 3.99. The van der Waals surface area contributed by atoms with Crippen molar-refractivity contribution in [3.63, 3.8) is 0 Å². The molecule has 4 rings (SSSR count). The number of methoxy groups -OCH3 is 1. The smallest absolute Gasteiger partial charge is 0.251 e. The minimum atomic E-state index is 0.0660. The van der Waals surface area contributed by atoms with E-state index in [9.17, 15) is 4.79 Å². The van der Waals surface area contributed by atoms with Gasteiger partial charge in [-0.3, -0.25) is 4.79 Å². The number of likely N-dealkylation sites (N-methyl/N-ethyl adjacent to an activating group) is 1. The Labute approximate surface area is 167 Å². The third kappa shape index (κ3) is 3.93. The molecule has 0 radical (unpaired) electrons. The zero-order valence-corrected chi connectivity index (χ0v) is 17.0. The second kappa shape index (κ2) is 8.36. The number of nitrogens with zero attached hydrogens (tertiary/aromatic N) is 1. The van der Waals surface area contributed by atoms with Gasteiger partial charge in [-0.15, -0.1) is 0 Å². The maximum absolute atomic E-state index is 11.9. The lowest BCUT2D eigenvalue weighted by Crippen LogP contribution is -2.32. The van der Waals surface area contributed by atoms with Crippen LogP contribution in [0.1, 0.15) is 51.4 Å². The topological polar surface area (TPSA) is 41.6 Å². The lowest BCUT2D eigenvalue weighted by Gasteiger charge is -2.30. The van der Waals surface area contributed by atoms with Crippen molar-refractivity contribution in [2.75, 3.05) is 33.8 Å². The molecule has 1 N–H and O–H groups in total. The number of fused-ring (bicyclic) bond motifs is 2. The van der Waals surface area contributed by atoms with Crippen LogP contribution in [0.5, 0.6) is 5.75 Å². The van der Waals surface area contributed by atoms with Crippen molar-refractivity contribution in [2.45, 2.75) is 38.0 Å². The Kier molecular flexibility index (Phi) is 5.67. The van der Waals surface area contributed by atoms with Crippen LogP contribution in [0, 0.1) is 0 Å². The number of ether oxygens (including phenoxy) is 1. The number of hydrogen-bond acceptors (Lipinski definition) is 3. The fourth-order valence-electron chi connectivity index (χ4n) is 4.72. The molecule has 1 amide bonds. The number of carbonyl (C=O) groups excluding carboxylic acids is 1. The van der Waals surface area contributed by atoms with Gasteiger partial charge >= 0.3 is 0 Å². The summed E-state index contributed by atoms with van der Waals surface area (Å²) in [4.78, 5) is 14.4. The second-order valence-electron chi connectivity index (χ2n) is 8.13. The van der Waals surface area contributed by atoms with Gasteiger partial charge in [0.1, 0.15) is 5.75 Å². The predicted molar refractivity (Wildman–Crippen MR) is 112 cm³/mol. The Bertz CT molecular complexity index is 862. The van der Waals surface area contributed by atoms with Crippen LogP contribution >= 0.6 is 0 Å². The van der Waals surface area contributed by atoms with Crippen molar-refractivity contribution in [1.82, 2.24) is 10.2 Å². The van der Waals surface area contributed by atoms with Crippen LogP contribution in [0.2, 0.25) is 0 Å². The summed E-state index contributed by atoms with van der Waals surface area (Å²) >= 11 is 0. The highest BCUT2D eigenvalue weighted by atomic mass is 16.5. The van der Waals surface area contributed by atoms with Gasteiger partial charge in [-0.25, -0.2) is 0 Å². The molecular formula is C24H30N2O2. The summed E-state index contributed by atoms with van der Waals surface area (Å²) in [6.07, 6.45) is 5.56. The molecule has 1 aliphatic carbocycles. The average Bonchev–Trinajstić information content (AvgIpc) is 2.72. The molecule has 2 aromatic rings. The van der Waals surface area contributed by atoms with Gasteiger partial charge in [-0.2, -0.15) is 0 Å². The van der Waals surface area contributed by atoms with E-state index in [-0.39, 0.29) is 5.91 Å². The Hall–Kier alpha value is -2.33. The zero-order valence-electron chi connectivity index (χ0n) is 17.0. The van der Waals surface area contributed by atoms with Crippen molar-refractivity contribution in [3.8, 4) is 5.75 Å². The summed E-state index contributed by atoms with van der Waals surface area (Å²) in [6.45, 7) is 2.86. The molecule has 2 aliphatic rings. The molecule has 1 unspecified atom stereocenters. The van der Waals surface area contributed by atoms with Crippen LogP contribution in [0.3, 0.4) is 0 Å². The first-order chi connectivity index (χ1) is 13.7. The average molecular weight is 379 g/mol. The van der Waals surface area contributed by atoms with Crippen LogP contribution < -0.4 is 10.1 Å². The van der Waals surface area contributed by atoms with Crippen molar-refractivity contribution >= 4 is 5.91 Å². The molecule has 148 valence electrons. The first-order valence-electron chi connectivity index (χ1n) is 10.4. The Morgan fingerprint density at radius 3 is 2.96 bits per heavy atom. The zero-order chi connectivity index (χ0) is 19.5. The van der Waals surface area contributed by atoms with E-state index < -0.39 is 0 Å². The van der Waals surface area contributed by atoms with Gasteiger partial charge in [0, 0.05) is 25.2 Å². The van der Waals surface area contributed by atoms with Crippen LogP contribution in [0.15, 0.2) is 36.4 Å². The van der Waals surface area contributed by atoms with E-state index in [2.05, 4.69) is 47.6 Å². The van der Waals surface area contributed by atoms with Gasteiger partial charge in [-0.05, 0) is 79.5 Å². The van der Waals surface area contributed by atoms with Crippen LogP contribution in [0.4, 0.5) is 0 Å². The van der Waals surface area contributed by atoms with Crippen molar-refractivity contribution < 1.29 is 9.53 Å². The number of hydrogen-bond donors (Lipinski definition) is 1. The van der Waals surface area contributed by atoms with E-state index in [1.54, 1.807) is 7.11 Å². The van der Waals surface area contributed by atoms with E-state index in [0.717, 1.165) is 50.2 Å². The molecular weight excluding hydrogens is 348 g/mol. The minimum absolute atomic E-state index is 0.0660. The molecule has 0 saturated heterocycles. The molecule has 1 atom stereocenters. The molecule has 0 fully saturated rings. The normalized spacial score (nSPS) is 18.4. The fourth-order valence-corrected chi connectivity index (χ4v) is 4.72. The van der Waals surface area contributed by atoms with Gasteiger partial charge in [-0.1, -0.05) is 24.3 Å². The summed E-state index contributed by atoms with van der Waals surface area (Å²) in [6, 6.07) is 12.8. The highest BCUT2D eigenvalue weighted by Crippen LogP contribution is 2.36. The SMILES string of the molecule is COc1cccc2c1CCCC2CN(C)CCc1ccc2c(c1)CCNC2=O. The van der Waals surface area contributed by atoms with Gasteiger partial charge < -0.3 is 15.0 Å². The summed E-state index contributed by atoms with van der Waals surface area (Å²) in [5, 5.41) is 2.91. The lowest BCUT2D eigenvalue weighted by atomic mass is 9.82. The third-order valence-corrected chi connectivity index (χ3v) is 6.22. The fraction of sp³-hybridized carbons (Fsp3) is 0.458. The number of nitrogens with one attached hydrogen (secondary N) is 1. The van der Waals surface area contributed by atoms with Gasteiger partial charge in [0.05, 0.1) is 7.11 Å². The van der Waals surface area contributed by atoms with E-state index >= 15 is 0 Å². The molecule has 1 heterocycles. The Morgan fingerprint density at radius 2 is 2.11 bits per heavy atom. The first kappa shape index (κ1) is 19.0. The molecule has 1 aliphatic heterocycles. The van der Waals surface area contributed by atoms with E-state index in [4.69, 9.17) is 4.74 Å². The molecule has 0 bridgehead atoms. The number of carbonyl (C=O) groups is 1. The number of rotatable bonds is 6. The monoisotopic (exact) mass is 378 g/mol. The number of benzene rings is 2. The summed E-state index contributed by atoms with van der Waals surface area (Å²) in [5.41, 5.74) is 6.24. The summed E-state index contributed by atoms with van der Waals surface area (Å²) < 4.78 is 5.58. The minimum Gasteiger partial charge on any atom is -0.496 e. The molecule has 0 aromatic heterocycles. The summed E-state index contributed by atoms with van der Waals surface area (Å²) in [5.74, 6) is 1.69. The maximum atomic E-state index is 11.9. The van der Waals surface area contributed by atoms with Crippen molar-refractivity contribution in [1.29, 1.82) is 0 Å². The predicted octanol–water partition coefficient (Wildman–Crippen LogP) is 3.58. The van der Waals surface area contributed by atoms with E-state index in [0.29, 0.717) is 5.92 Å². The first-order valence-corrected chi connectivity index (χ1v) is 10.4. The largest absolute Gasteiger partial charge is 0.496 e. The van der Waals surface area contributed by atoms with E-state index in [1.165, 1.54) is 35.1 Å². The van der Waals surface area contributed by atoms with E-state index in [1.807, 2.05) is 6.07 Å². The van der Waals surface area contributed by atoms with Crippen LogP contribution in [-0.2, 0) is 19.3 Å². The van der Waals surface area contributed by atoms with Crippen molar-refractivity contribution in [3.05, 3.63) is 64.2 Å². The third-order valence-electron chi connectivity index (χ3n) is 6.22. The molecule has 4 heteroatoms. The Morgan fingerprint density at radius 1 is 1.21 bits per heavy atom. The molecule has 2 aromatic carbocycles. The molecule has 28 heavy (non-hydrogen) atoms. The second-order valence-corrected chi connectivity index (χ2v) is 8.13. The van der Waals surface area contributed by atoms with Gasteiger partial charge in [0.2, 0.25) is 0 Å². The molecule has 0 saturated carbocycles. The van der Waals surface area contributed by atoms with Gasteiger partial charge in [0.15, 0.2) is 0 Å². The maximum Gasteiger partial charge on any atom is 0.251 e. The Balaban J connectivity index is 1.38. The van der Waals surface area contributed by atoms with Crippen LogP contribution in [0.25, 0.3) is 0 Å². The molecule has 0 spiro atoms. The van der Waals surface area contributed by atoms with Crippen molar-refractivity contribution in [2.24, 2.45) is 0 Å². The van der Waals surface area contributed by atoms with Crippen LogP contribution in [-0.4, -0.2) is 44.6 Å².